The Kier molecular flexibility index (Phi) is 5.21. The van der Waals surface area contributed by atoms with Crippen molar-refractivity contribution in [3.8, 4) is 28.6 Å². The van der Waals surface area contributed by atoms with E-state index in [1.54, 1.807) is 18.2 Å². The van der Waals surface area contributed by atoms with Crippen LogP contribution >= 0.6 is 11.8 Å². The summed E-state index contributed by atoms with van der Waals surface area (Å²) in [7, 11) is 0. The predicted octanol–water partition coefficient (Wildman–Crippen LogP) is 4.26. The van der Waals surface area contributed by atoms with Crippen LogP contribution in [-0.4, -0.2) is 32.6 Å². The number of para-hydroxylation sites is 1. The lowest BCUT2D eigenvalue weighted by Crippen LogP contribution is -2.17. The molecule has 1 atom stereocenters. The maximum atomic E-state index is 10.0. The van der Waals surface area contributed by atoms with Crippen molar-refractivity contribution in [3.05, 3.63) is 48.0 Å². The number of thioether (sulfide) groups is 1. The first-order valence-electron chi connectivity index (χ1n) is 9.05. The summed E-state index contributed by atoms with van der Waals surface area (Å²) < 4.78 is 11.7. The van der Waals surface area contributed by atoms with Crippen molar-refractivity contribution >= 4 is 17.4 Å². The zero-order chi connectivity index (χ0) is 19.5. The molecule has 0 radical (unpaired) electrons. The third kappa shape index (κ3) is 3.55. The molecule has 0 saturated carbocycles. The van der Waals surface area contributed by atoms with E-state index in [1.807, 2.05) is 38.1 Å². The number of nitrogens with zero attached hydrogens (tertiary/aromatic N) is 3. The molecule has 3 aromatic rings. The number of hydrogen-bond acceptors (Lipinski definition) is 8. The van der Waals surface area contributed by atoms with Crippen LogP contribution in [0.15, 0.2) is 47.6 Å². The summed E-state index contributed by atoms with van der Waals surface area (Å²) >= 11 is 1.51. The quantitative estimate of drug-likeness (QED) is 0.619. The van der Waals surface area contributed by atoms with Crippen LogP contribution in [0.1, 0.15) is 25.6 Å². The molecule has 2 aromatic carbocycles. The van der Waals surface area contributed by atoms with Crippen molar-refractivity contribution in [2.45, 2.75) is 25.2 Å². The van der Waals surface area contributed by atoms with Gasteiger partial charge in [-0.2, -0.15) is 4.98 Å². The first-order chi connectivity index (χ1) is 13.7. The molecule has 1 unspecified atom stereocenters. The summed E-state index contributed by atoms with van der Waals surface area (Å²) in [4.78, 5) is 4.56. The topological polar surface area (TPSA) is 89.4 Å². The summed E-state index contributed by atoms with van der Waals surface area (Å²) in [5, 5.41) is 22.5. The van der Waals surface area contributed by atoms with Crippen LogP contribution in [-0.2, 0) is 0 Å². The minimum absolute atomic E-state index is 0.0886. The number of ether oxygens (including phenoxy) is 2. The molecule has 0 aliphatic carbocycles. The van der Waals surface area contributed by atoms with Crippen LogP contribution in [0.5, 0.6) is 17.4 Å². The summed E-state index contributed by atoms with van der Waals surface area (Å²) in [6, 6.07) is 13.0. The highest BCUT2D eigenvalue weighted by Crippen LogP contribution is 2.40. The van der Waals surface area contributed by atoms with Gasteiger partial charge < -0.3 is 19.9 Å². The molecule has 2 heterocycles. The van der Waals surface area contributed by atoms with Crippen LogP contribution in [0.3, 0.4) is 0 Å². The highest BCUT2D eigenvalue weighted by Gasteiger charge is 2.26. The molecule has 144 valence electrons. The lowest BCUT2D eigenvalue weighted by atomic mass is 10.1. The van der Waals surface area contributed by atoms with E-state index in [0.717, 1.165) is 22.6 Å². The Morgan fingerprint density at radius 2 is 2.04 bits per heavy atom. The van der Waals surface area contributed by atoms with Gasteiger partial charge in [-0.3, -0.25) is 0 Å². The summed E-state index contributed by atoms with van der Waals surface area (Å²) in [5.41, 5.74) is 3.13. The summed E-state index contributed by atoms with van der Waals surface area (Å²) in [6.07, 6.45) is -0.529. The van der Waals surface area contributed by atoms with E-state index in [2.05, 4.69) is 20.5 Å². The molecule has 1 aromatic heterocycles. The number of benzene rings is 2. The Hall–Kier alpha value is -3.00. The maximum absolute atomic E-state index is 10.0. The molecule has 0 amide bonds. The van der Waals surface area contributed by atoms with Crippen LogP contribution in [0.4, 0.5) is 5.69 Å². The molecule has 0 saturated heterocycles. The third-order valence-corrected chi connectivity index (χ3v) is 4.91. The number of aromatic hydroxyl groups is 1. The molecule has 0 bridgehead atoms. The fourth-order valence-electron chi connectivity index (χ4n) is 2.95. The van der Waals surface area contributed by atoms with Crippen molar-refractivity contribution < 1.29 is 14.6 Å². The SMILES string of the molecule is CCOc1cc(C2Nc3ccccc3-c3nnc(SCC)nc3O2)ccc1O. The zero-order valence-electron chi connectivity index (χ0n) is 15.5. The number of aromatic nitrogens is 3. The van der Waals surface area contributed by atoms with Gasteiger partial charge in [-0.05, 0) is 36.9 Å². The second kappa shape index (κ2) is 7.93. The summed E-state index contributed by atoms with van der Waals surface area (Å²) in [6.45, 7) is 4.36. The normalized spacial score (nSPS) is 14.9. The standard InChI is InChI=1S/C20H20N4O3S/c1-3-26-16-11-12(9-10-15(16)25)18-21-14-8-6-5-7-13(14)17-19(27-18)22-20(24-23-17)28-4-2/h5-11,18,21,25H,3-4H2,1-2H3. The molecular weight excluding hydrogens is 376 g/mol. The minimum Gasteiger partial charge on any atom is -0.504 e. The fraction of sp³-hybridized carbons (Fsp3) is 0.250. The zero-order valence-corrected chi connectivity index (χ0v) is 16.4. The number of hydrogen-bond donors (Lipinski definition) is 2. The van der Waals surface area contributed by atoms with E-state index in [0.29, 0.717) is 29.1 Å². The van der Waals surface area contributed by atoms with Gasteiger partial charge >= 0.3 is 0 Å². The molecular formula is C20H20N4O3S. The predicted molar refractivity (Wildman–Crippen MR) is 108 cm³/mol. The van der Waals surface area contributed by atoms with E-state index in [-0.39, 0.29) is 5.75 Å². The Morgan fingerprint density at radius 1 is 1.18 bits per heavy atom. The molecule has 1 aliphatic rings. The van der Waals surface area contributed by atoms with Crippen molar-refractivity contribution in [2.24, 2.45) is 0 Å². The fourth-order valence-corrected chi connectivity index (χ4v) is 3.46. The van der Waals surface area contributed by atoms with Crippen LogP contribution in [0.25, 0.3) is 11.3 Å². The van der Waals surface area contributed by atoms with Gasteiger partial charge in [-0.25, -0.2) is 0 Å². The second-order valence-corrected chi connectivity index (χ2v) is 7.26. The van der Waals surface area contributed by atoms with Crippen LogP contribution in [0.2, 0.25) is 0 Å². The summed E-state index contributed by atoms with van der Waals surface area (Å²) in [5.74, 6) is 1.75. The Balaban J connectivity index is 1.79. The lowest BCUT2D eigenvalue weighted by molar-refractivity contribution is 0.224. The number of rotatable bonds is 5. The van der Waals surface area contributed by atoms with E-state index in [4.69, 9.17) is 9.47 Å². The molecule has 0 fully saturated rings. The van der Waals surface area contributed by atoms with Crippen LogP contribution in [0, 0.1) is 0 Å². The van der Waals surface area contributed by atoms with E-state index in [9.17, 15) is 5.11 Å². The van der Waals surface area contributed by atoms with Gasteiger partial charge in [0.2, 0.25) is 11.0 Å². The smallest absolute Gasteiger partial charge is 0.247 e. The average Bonchev–Trinajstić information content (AvgIpc) is 2.86. The Labute approximate surface area is 167 Å². The van der Waals surface area contributed by atoms with Crippen LogP contribution < -0.4 is 14.8 Å². The van der Waals surface area contributed by atoms with Gasteiger partial charge in [-0.15, -0.1) is 10.2 Å². The Morgan fingerprint density at radius 3 is 2.86 bits per heavy atom. The van der Waals surface area contributed by atoms with Gasteiger partial charge in [0, 0.05) is 16.8 Å². The number of nitrogens with one attached hydrogen (secondary N) is 1. The van der Waals surface area contributed by atoms with Gasteiger partial charge in [0.25, 0.3) is 0 Å². The molecule has 8 heteroatoms. The number of fused-ring (bicyclic) bond motifs is 3. The van der Waals surface area contributed by atoms with Crippen molar-refractivity contribution in [1.29, 1.82) is 0 Å². The van der Waals surface area contributed by atoms with E-state index >= 15 is 0 Å². The first-order valence-corrected chi connectivity index (χ1v) is 10.0. The highest BCUT2D eigenvalue weighted by atomic mass is 32.2. The van der Waals surface area contributed by atoms with Gasteiger partial charge in [-0.1, -0.05) is 36.9 Å². The molecule has 1 aliphatic heterocycles. The number of phenolic OH excluding ortho intramolecular Hbond substituents is 1. The molecule has 0 spiro atoms. The van der Waals surface area contributed by atoms with Gasteiger partial charge in [0.15, 0.2) is 23.4 Å². The monoisotopic (exact) mass is 396 g/mol. The minimum atomic E-state index is -0.529. The Bertz CT molecular complexity index is 999. The first kappa shape index (κ1) is 18.4. The van der Waals surface area contributed by atoms with Crippen molar-refractivity contribution in [1.82, 2.24) is 15.2 Å². The van der Waals surface area contributed by atoms with Gasteiger partial charge in [0.05, 0.1) is 6.61 Å². The highest BCUT2D eigenvalue weighted by molar-refractivity contribution is 7.99. The molecule has 2 N–H and O–H groups in total. The molecule has 7 nitrogen and oxygen atoms in total. The molecule has 28 heavy (non-hydrogen) atoms. The van der Waals surface area contributed by atoms with E-state index in [1.165, 1.54) is 11.8 Å². The second-order valence-electron chi connectivity index (χ2n) is 6.03. The number of phenols is 1. The average molecular weight is 396 g/mol. The molecule has 4 rings (SSSR count). The van der Waals surface area contributed by atoms with Gasteiger partial charge in [0.1, 0.15) is 0 Å². The van der Waals surface area contributed by atoms with Crippen molar-refractivity contribution in [2.75, 3.05) is 17.7 Å². The van der Waals surface area contributed by atoms with Crippen molar-refractivity contribution in [3.63, 3.8) is 0 Å². The lowest BCUT2D eigenvalue weighted by Gasteiger charge is -2.20. The van der Waals surface area contributed by atoms with E-state index < -0.39 is 6.23 Å². The maximum Gasteiger partial charge on any atom is 0.247 e. The largest absolute Gasteiger partial charge is 0.504 e. The third-order valence-electron chi connectivity index (χ3n) is 4.19. The number of anilines is 1.